The second-order valence-electron chi connectivity index (χ2n) is 6.59. The standard InChI is InChI=1S/C20H29N5S/c1-3-21-20(22-10-9-19-16-26-17(2)23-19)25-13-11-24(12-14-25)15-18-7-5-4-6-8-18/h4-8,16H,3,9-15H2,1-2H3,(H,21,22). The van der Waals surface area contributed by atoms with Gasteiger partial charge in [-0.3, -0.25) is 9.89 Å². The molecule has 1 fully saturated rings. The van der Waals surface area contributed by atoms with Crippen LogP contribution in [0.5, 0.6) is 0 Å². The van der Waals surface area contributed by atoms with Crippen LogP contribution < -0.4 is 5.32 Å². The minimum Gasteiger partial charge on any atom is -0.357 e. The molecule has 1 saturated heterocycles. The third-order valence-corrected chi connectivity index (χ3v) is 5.37. The summed E-state index contributed by atoms with van der Waals surface area (Å²) in [6.45, 7) is 11.1. The van der Waals surface area contributed by atoms with E-state index < -0.39 is 0 Å². The molecule has 1 N–H and O–H groups in total. The zero-order valence-electron chi connectivity index (χ0n) is 15.8. The Balaban J connectivity index is 1.50. The number of nitrogens with zero attached hydrogens (tertiary/aromatic N) is 4. The summed E-state index contributed by atoms with van der Waals surface area (Å²) in [5.41, 5.74) is 2.54. The van der Waals surface area contributed by atoms with E-state index in [-0.39, 0.29) is 0 Å². The van der Waals surface area contributed by atoms with Gasteiger partial charge in [-0.1, -0.05) is 30.3 Å². The molecule has 0 radical (unpaired) electrons. The molecule has 0 amide bonds. The van der Waals surface area contributed by atoms with Gasteiger partial charge in [0.1, 0.15) is 0 Å². The van der Waals surface area contributed by atoms with Gasteiger partial charge in [-0.15, -0.1) is 11.3 Å². The van der Waals surface area contributed by atoms with Crippen molar-refractivity contribution in [3.63, 3.8) is 0 Å². The topological polar surface area (TPSA) is 43.8 Å². The van der Waals surface area contributed by atoms with Crippen LogP contribution in [0.4, 0.5) is 0 Å². The zero-order chi connectivity index (χ0) is 18.2. The van der Waals surface area contributed by atoms with Gasteiger partial charge in [0.15, 0.2) is 5.96 Å². The Morgan fingerprint density at radius 2 is 1.96 bits per heavy atom. The lowest BCUT2D eigenvalue weighted by molar-refractivity contribution is 0.172. The highest BCUT2D eigenvalue weighted by Crippen LogP contribution is 2.10. The largest absolute Gasteiger partial charge is 0.357 e. The van der Waals surface area contributed by atoms with Crippen LogP contribution in [0, 0.1) is 6.92 Å². The number of thiazole rings is 1. The van der Waals surface area contributed by atoms with Crippen LogP contribution in [0.3, 0.4) is 0 Å². The molecule has 1 aliphatic rings. The Hall–Kier alpha value is -1.92. The van der Waals surface area contributed by atoms with Gasteiger partial charge in [0.05, 0.1) is 10.7 Å². The van der Waals surface area contributed by atoms with Crippen LogP contribution in [-0.4, -0.2) is 60.0 Å². The molecule has 3 rings (SSSR count). The molecule has 0 aliphatic carbocycles. The van der Waals surface area contributed by atoms with Gasteiger partial charge in [-0.25, -0.2) is 4.98 Å². The maximum atomic E-state index is 4.83. The fourth-order valence-corrected chi connectivity index (χ4v) is 3.83. The Labute approximate surface area is 160 Å². The van der Waals surface area contributed by atoms with Crippen molar-refractivity contribution < 1.29 is 0 Å². The maximum Gasteiger partial charge on any atom is 0.194 e. The predicted molar refractivity (Wildman–Crippen MR) is 110 cm³/mol. The first-order valence-corrected chi connectivity index (χ1v) is 10.3. The highest BCUT2D eigenvalue weighted by atomic mass is 32.1. The molecule has 0 bridgehead atoms. The van der Waals surface area contributed by atoms with Crippen LogP contribution in [0.15, 0.2) is 40.7 Å². The van der Waals surface area contributed by atoms with E-state index in [0.29, 0.717) is 0 Å². The summed E-state index contributed by atoms with van der Waals surface area (Å²) in [5, 5.41) is 6.72. The predicted octanol–water partition coefficient (Wildman–Crippen LogP) is 2.78. The quantitative estimate of drug-likeness (QED) is 0.626. The summed E-state index contributed by atoms with van der Waals surface area (Å²) in [6, 6.07) is 10.7. The van der Waals surface area contributed by atoms with Gasteiger partial charge in [0.2, 0.25) is 0 Å². The lowest BCUT2D eigenvalue weighted by Crippen LogP contribution is -2.52. The Kier molecular flexibility index (Phi) is 7.03. The van der Waals surface area contributed by atoms with E-state index in [1.165, 1.54) is 5.56 Å². The summed E-state index contributed by atoms with van der Waals surface area (Å²) in [6.07, 6.45) is 0.910. The molecule has 2 aromatic rings. The number of benzene rings is 1. The maximum absolute atomic E-state index is 4.83. The molecule has 1 aliphatic heterocycles. The average Bonchev–Trinajstić information content (AvgIpc) is 3.08. The molecule has 1 aromatic carbocycles. The highest BCUT2D eigenvalue weighted by Gasteiger charge is 2.19. The fraction of sp³-hybridized carbons (Fsp3) is 0.500. The fourth-order valence-electron chi connectivity index (χ4n) is 3.18. The minimum absolute atomic E-state index is 0.787. The van der Waals surface area contributed by atoms with Crippen molar-refractivity contribution in [1.29, 1.82) is 0 Å². The third-order valence-electron chi connectivity index (χ3n) is 4.55. The first-order chi connectivity index (χ1) is 12.7. The molecule has 0 saturated carbocycles. The van der Waals surface area contributed by atoms with Crippen molar-refractivity contribution in [2.45, 2.75) is 26.8 Å². The lowest BCUT2D eigenvalue weighted by Gasteiger charge is -2.36. The molecule has 0 atom stereocenters. The van der Waals surface area contributed by atoms with Crippen LogP contribution in [0.2, 0.25) is 0 Å². The molecule has 1 aromatic heterocycles. The van der Waals surface area contributed by atoms with Crippen LogP contribution in [0.25, 0.3) is 0 Å². The van der Waals surface area contributed by atoms with Gasteiger partial charge in [0, 0.05) is 57.6 Å². The summed E-state index contributed by atoms with van der Waals surface area (Å²) >= 11 is 1.71. The van der Waals surface area contributed by atoms with Gasteiger partial charge in [0.25, 0.3) is 0 Å². The van der Waals surface area contributed by atoms with Crippen molar-refractivity contribution in [2.75, 3.05) is 39.3 Å². The molecule has 26 heavy (non-hydrogen) atoms. The second-order valence-corrected chi connectivity index (χ2v) is 7.65. The summed E-state index contributed by atoms with van der Waals surface area (Å²) in [5.74, 6) is 1.04. The van der Waals surface area contributed by atoms with Crippen molar-refractivity contribution in [1.82, 2.24) is 20.1 Å². The molecule has 5 nitrogen and oxygen atoms in total. The molecule has 140 valence electrons. The van der Waals surface area contributed by atoms with E-state index >= 15 is 0 Å². The van der Waals surface area contributed by atoms with Crippen molar-refractivity contribution in [2.24, 2.45) is 4.99 Å². The number of aryl methyl sites for hydroxylation is 1. The molecule has 0 unspecified atom stereocenters. The van der Waals surface area contributed by atoms with Gasteiger partial charge in [-0.2, -0.15) is 0 Å². The SMILES string of the molecule is CCNC(=NCCc1csc(C)n1)N1CCN(Cc2ccccc2)CC1. The second kappa shape index (κ2) is 9.69. The number of aliphatic imine (C=N–C) groups is 1. The zero-order valence-corrected chi connectivity index (χ0v) is 16.6. The molecular formula is C20H29N5S. The molecule has 0 spiro atoms. The van der Waals surface area contributed by atoms with Crippen LogP contribution in [-0.2, 0) is 13.0 Å². The van der Waals surface area contributed by atoms with Gasteiger partial charge in [-0.05, 0) is 19.4 Å². The summed E-state index contributed by atoms with van der Waals surface area (Å²) in [7, 11) is 0. The Bertz CT molecular complexity index is 689. The number of piperazine rings is 1. The first kappa shape index (κ1) is 18.9. The number of hydrogen-bond acceptors (Lipinski definition) is 4. The van der Waals surface area contributed by atoms with E-state index in [1.807, 2.05) is 0 Å². The highest BCUT2D eigenvalue weighted by molar-refractivity contribution is 7.09. The van der Waals surface area contributed by atoms with Crippen LogP contribution >= 0.6 is 11.3 Å². The summed E-state index contributed by atoms with van der Waals surface area (Å²) in [4.78, 5) is 14.3. The average molecular weight is 372 g/mol. The molecule has 2 heterocycles. The Morgan fingerprint density at radius 1 is 1.19 bits per heavy atom. The van der Waals surface area contributed by atoms with E-state index in [0.717, 1.165) is 68.9 Å². The van der Waals surface area contributed by atoms with Gasteiger partial charge < -0.3 is 10.2 Å². The minimum atomic E-state index is 0.787. The molecular weight excluding hydrogens is 342 g/mol. The normalized spacial score (nSPS) is 16.1. The van der Waals surface area contributed by atoms with E-state index in [4.69, 9.17) is 4.99 Å². The smallest absolute Gasteiger partial charge is 0.194 e. The lowest BCUT2D eigenvalue weighted by atomic mass is 10.2. The van der Waals surface area contributed by atoms with E-state index in [9.17, 15) is 0 Å². The van der Waals surface area contributed by atoms with Crippen molar-refractivity contribution in [3.05, 3.63) is 52.0 Å². The number of nitrogens with one attached hydrogen (secondary N) is 1. The van der Waals surface area contributed by atoms with E-state index in [2.05, 4.69) is 69.7 Å². The third kappa shape index (κ3) is 5.54. The van der Waals surface area contributed by atoms with E-state index in [1.54, 1.807) is 11.3 Å². The van der Waals surface area contributed by atoms with Crippen molar-refractivity contribution in [3.8, 4) is 0 Å². The number of hydrogen-bond donors (Lipinski definition) is 1. The Morgan fingerprint density at radius 3 is 2.62 bits per heavy atom. The number of aromatic nitrogens is 1. The van der Waals surface area contributed by atoms with Gasteiger partial charge >= 0.3 is 0 Å². The first-order valence-electron chi connectivity index (χ1n) is 9.45. The summed E-state index contributed by atoms with van der Waals surface area (Å²) < 4.78 is 0. The number of rotatable bonds is 6. The number of guanidine groups is 1. The van der Waals surface area contributed by atoms with Crippen LogP contribution in [0.1, 0.15) is 23.2 Å². The van der Waals surface area contributed by atoms with Crippen molar-refractivity contribution >= 4 is 17.3 Å². The monoisotopic (exact) mass is 371 g/mol. The molecule has 6 heteroatoms.